The lowest BCUT2D eigenvalue weighted by Crippen LogP contribution is -1.99. The number of esters is 1. The van der Waals surface area contributed by atoms with Gasteiger partial charge in [0.2, 0.25) is 0 Å². The molecule has 15 heavy (non-hydrogen) atoms. The summed E-state index contributed by atoms with van der Waals surface area (Å²) in [6.45, 7) is 4.37. The van der Waals surface area contributed by atoms with Crippen LogP contribution in [0.15, 0.2) is 22.8 Å². The Hall–Kier alpha value is -1.05. The van der Waals surface area contributed by atoms with Crippen LogP contribution in [0.2, 0.25) is 0 Å². The van der Waals surface area contributed by atoms with Gasteiger partial charge in [0.25, 0.3) is 0 Å². The van der Waals surface area contributed by atoms with Crippen molar-refractivity contribution in [1.29, 1.82) is 0 Å². The molecular weight excluding hydrogens is 188 g/mol. The van der Waals surface area contributed by atoms with Crippen LogP contribution in [0.4, 0.5) is 0 Å². The van der Waals surface area contributed by atoms with Crippen molar-refractivity contribution in [2.45, 2.75) is 46.0 Å². The van der Waals surface area contributed by atoms with Crippen LogP contribution >= 0.6 is 0 Å². The van der Waals surface area contributed by atoms with Crippen molar-refractivity contribution in [2.75, 3.05) is 7.11 Å². The zero-order valence-electron chi connectivity index (χ0n) is 9.93. The number of hydrogen-bond donors (Lipinski definition) is 0. The number of rotatable bonds is 5. The van der Waals surface area contributed by atoms with Crippen LogP contribution in [0.3, 0.4) is 0 Å². The molecule has 0 aromatic rings. The summed E-state index contributed by atoms with van der Waals surface area (Å²) in [6.07, 6.45) is 7.06. The maximum absolute atomic E-state index is 10.9. The van der Waals surface area contributed by atoms with E-state index in [1.165, 1.54) is 23.8 Å². The summed E-state index contributed by atoms with van der Waals surface area (Å²) in [6, 6.07) is 0. The van der Waals surface area contributed by atoms with Gasteiger partial charge in [-0.3, -0.25) is 4.79 Å². The number of hydrogen-bond acceptors (Lipinski definition) is 2. The van der Waals surface area contributed by atoms with Crippen LogP contribution in [0, 0.1) is 0 Å². The molecule has 0 saturated carbocycles. The Kier molecular flexibility index (Phi) is 4.60. The molecule has 1 rings (SSSR count). The van der Waals surface area contributed by atoms with Gasteiger partial charge in [0.1, 0.15) is 0 Å². The molecule has 0 aromatic heterocycles. The first-order chi connectivity index (χ1) is 7.13. The predicted octanol–water partition coefficient (Wildman–Crippen LogP) is 3.39. The Morgan fingerprint density at radius 2 is 2.13 bits per heavy atom. The van der Waals surface area contributed by atoms with E-state index >= 15 is 0 Å². The van der Waals surface area contributed by atoms with E-state index in [-0.39, 0.29) is 5.97 Å². The minimum atomic E-state index is -0.0983. The molecule has 1 aliphatic rings. The van der Waals surface area contributed by atoms with Gasteiger partial charge in [-0.15, -0.1) is 0 Å². The fraction of sp³-hybridized carbons (Fsp3) is 0.615. The van der Waals surface area contributed by atoms with Crippen molar-refractivity contribution in [3.05, 3.63) is 22.8 Å². The quantitative estimate of drug-likeness (QED) is 0.511. The summed E-state index contributed by atoms with van der Waals surface area (Å²) in [5, 5.41) is 0. The number of allylic oxidation sites excluding steroid dienone is 4. The fourth-order valence-electron chi connectivity index (χ4n) is 1.98. The van der Waals surface area contributed by atoms with Crippen LogP contribution in [0.25, 0.3) is 0 Å². The first-order valence-electron chi connectivity index (χ1n) is 5.56. The Morgan fingerprint density at radius 3 is 2.67 bits per heavy atom. The van der Waals surface area contributed by atoms with Gasteiger partial charge < -0.3 is 4.74 Å². The molecule has 0 bridgehead atoms. The highest BCUT2D eigenvalue weighted by Crippen LogP contribution is 2.27. The summed E-state index contributed by atoms with van der Waals surface area (Å²) >= 11 is 0. The van der Waals surface area contributed by atoms with Gasteiger partial charge in [-0.2, -0.15) is 0 Å². The lowest BCUT2D eigenvalue weighted by atomic mass is 10.1. The molecular formula is C13H20O2. The van der Waals surface area contributed by atoms with Gasteiger partial charge in [0.05, 0.1) is 7.11 Å². The molecule has 0 spiro atoms. The summed E-state index contributed by atoms with van der Waals surface area (Å²) in [4.78, 5) is 10.9. The summed E-state index contributed by atoms with van der Waals surface area (Å²) in [5.41, 5.74) is 4.42. The van der Waals surface area contributed by atoms with Crippen molar-refractivity contribution in [3.8, 4) is 0 Å². The standard InChI is InChI=1S/C13H20O2/c1-10-8-11(2)12(9-10)6-4-5-7-13(14)15-3/h9H,4-8H2,1-3H3. The van der Waals surface area contributed by atoms with Crippen LogP contribution in [0.1, 0.15) is 46.0 Å². The number of methoxy groups -OCH3 is 1. The summed E-state index contributed by atoms with van der Waals surface area (Å²) < 4.78 is 4.60. The van der Waals surface area contributed by atoms with Crippen LogP contribution < -0.4 is 0 Å². The van der Waals surface area contributed by atoms with Crippen LogP contribution in [-0.4, -0.2) is 13.1 Å². The first-order valence-corrected chi connectivity index (χ1v) is 5.56. The SMILES string of the molecule is COC(=O)CCCCC1=C(C)CC(C)=C1. The molecule has 1 aliphatic carbocycles. The van der Waals surface area contributed by atoms with E-state index in [0.717, 1.165) is 25.7 Å². The van der Waals surface area contributed by atoms with E-state index in [4.69, 9.17) is 0 Å². The lowest BCUT2D eigenvalue weighted by molar-refractivity contribution is -0.140. The van der Waals surface area contributed by atoms with Crippen molar-refractivity contribution in [2.24, 2.45) is 0 Å². The maximum Gasteiger partial charge on any atom is 0.305 e. The third-order valence-corrected chi connectivity index (χ3v) is 2.82. The van der Waals surface area contributed by atoms with Crippen molar-refractivity contribution in [1.82, 2.24) is 0 Å². The van der Waals surface area contributed by atoms with E-state index < -0.39 is 0 Å². The zero-order chi connectivity index (χ0) is 11.3. The average molecular weight is 208 g/mol. The van der Waals surface area contributed by atoms with Crippen LogP contribution in [0.5, 0.6) is 0 Å². The Bertz CT molecular complexity index is 298. The highest BCUT2D eigenvalue weighted by atomic mass is 16.5. The molecule has 2 nitrogen and oxygen atoms in total. The van der Waals surface area contributed by atoms with E-state index in [1.54, 1.807) is 0 Å². The van der Waals surface area contributed by atoms with E-state index in [0.29, 0.717) is 6.42 Å². The topological polar surface area (TPSA) is 26.3 Å². The summed E-state index contributed by atoms with van der Waals surface area (Å²) in [5.74, 6) is -0.0983. The number of carbonyl (C=O) groups is 1. The second-order valence-electron chi connectivity index (χ2n) is 4.26. The molecule has 0 heterocycles. The molecule has 0 unspecified atom stereocenters. The lowest BCUT2D eigenvalue weighted by Gasteiger charge is -2.02. The largest absolute Gasteiger partial charge is 0.469 e. The Labute approximate surface area is 92.0 Å². The summed E-state index contributed by atoms with van der Waals surface area (Å²) in [7, 11) is 1.44. The minimum Gasteiger partial charge on any atom is -0.469 e. The molecule has 0 aromatic carbocycles. The average Bonchev–Trinajstić information content (AvgIpc) is 2.52. The molecule has 0 atom stereocenters. The van der Waals surface area contributed by atoms with E-state index in [9.17, 15) is 4.79 Å². The highest BCUT2D eigenvalue weighted by molar-refractivity contribution is 5.68. The third-order valence-electron chi connectivity index (χ3n) is 2.82. The molecule has 0 radical (unpaired) electrons. The Morgan fingerprint density at radius 1 is 1.40 bits per heavy atom. The molecule has 2 heteroatoms. The number of ether oxygens (including phenoxy) is 1. The molecule has 0 aliphatic heterocycles. The number of carbonyl (C=O) groups excluding carboxylic acids is 1. The monoisotopic (exact) mass is 208 g/mol. The molecule has 0 amide bonds. The molecule has 0 N–H and O–H groups in total. The smallest absolute Gasteiger partial charge is 0.305 e. The zero-order valence-corrected chi connectivity index (χ0v) is 9.93. The van der Waals surface area contributed by atoms with Gasteiger partial charge >= 0.3 is 5.97 Å². The van der Waals surface area contributed by atoms with Crippen molar-refractivity contribution in [3.63, 3.8) is 0 Å². The van der Waals surface area contributed by atoms with E-state index in [1.807, 2.05) is 0 Å². The molecule has 84 valence electrons. The Balaban J connectivity index is 2.21. The third kappa shape index (κ3) is 3.90. The normalized spacial score (nSPS) is 15.5. The first kappa shape index (κ1) is 12.0. The minimum absolute atomic E-state index is 0.0983. The molecule has 0 fully saturated rings. The van der Waals surface area contributed by atoms with Crippen LogP contribution in [-0.2, 0) is 9.53 Å². The highest BCUT2D eigenvalue weighted by Gasteiger charge is 2.09. The second-order valence-corrected chi connectivity index (χ2v) is 4.26. The van der Waals surface area contributed by atoms with Gasteiger partial charge in [-0.1, -0.05) is 17.2 Å². The second kappa shape index (κ2) is 5.74. The fourth-order valence-corrected chi connectivity index (χ4v) is 1.98. The number of unbranched alkanes of at least 4 members (excludes halogenated alkanes) is 1. The van der Waals surface area contributed by atoms with Gasteiger partial charge in [0, 0.05) is 6.42 Å². The predicted molar refractivity (Wildman–Crippen MR) is 61.6 cm³/mol. The van der Waals surface area contributed by atoms with Gasteiger partial charge in [-0.25, -0.2) is 0 Å². The van der Waals surface area contributed by atoms with Crippen molar-refractivity contribution >= 4 is 5.97 Å². The van der Waals surface area contributed by atoms with Crippen molar-refractivity contribution < 1.29 is 9.53 Å². The van der Waals surface area contributed by atoms with Gasteiger partial charge in [-0.05, 0) is 45.1 Å². The molecule has 0 saturated heterocycles. The maximum atomic E-state index is 10.9. The van der Waals surface area contributed by atoms with Gasteiger partial charge in [0.15, 0.2) is 0 Å². The van der Waals surface area contributed by atoms with E-state index in [2.05, 4.69) is 24.7 Å².